The number of aryl methyl sites for hydroxylation is 1. The van der Waals surface area contributed by atoms with Gasteiger partial charge in [0.2, 0.25) is 0 Å². The van der Waals surface area contributed by atoms with E-state index < -0.39 is 0 Å². The van der Waals surface area contributed by atoms with Crippen LogP contribution in [0.15, 0.2) is 60.2 Å². The monoisotopic (exact) mass is 286 g/mol. The van der Waals surface area contributed by atoms with Crippen LogP contribution >= 0.6 is 0 Å². The molecule has 2 aliphatic carbocycles. The number of fused-ring (bicyclic) bond motifs is 2. The van der Waals surface area contributed by atoms with Gasteiger partial charge in [0.15, 0.2) is 0 Å². The molecule has 0 heteroatoms. The molecular weight excluding hydrogens is 264 g/mol. The van der Waals surface area contributed by atoms with Crippen LogP contribution in [0.5, 0.6) is 0 Å². The fourth-order valence-electron chi connectivity index (χ4n) is 4.10. The topological polar surface area (TPSA) is 0 Å². The van der Waals surface area contributed by atoms with Gasteiger partial charge in [0, 0.05) is 5.41 Å². The Bertz CT molecular complexity index is 816. The van der Waals surface area contributed by atoms with Crippen molar-refractivity contribution in [3.05, 3.63) is 76.9 Å². The molecule has 0 heterocycles. The van der Waals surface area contributed by atoms with Crippen molar-refractivity contribution in [2.24, 2.45) is 0 Å². The minimum atomic E-state index is 0.180. The lowest BCUT2D eigenvalue weighted by molar-refractivity contribution is 0.607. The van der Waals surface area contributed by atoms with Crippen LogP contribution in [0.3, 0.4) is 0 Å². The Morgan fingerprint density at radius 1 is 0.955 bits per heavy atom. The predicted octanol–water partition coefficient (Wildman–Crippen LogP) is 6.06. The lowest BCUT2D eigenvalue weighted by atomic mass is 9.78. The number of hydrogen-bond acceptors (Lipinski definition) is 0. The summed E-state index contributed by atoms with van der Waals surface area (Å²) >= 11 is 0. The summed E-state index contributed by atoms with van der Waals surface area (Å²) in [5.41, 5.74) is 10.2. The first-order chi connectivity index (χ1) is 10.6. The van der Waals surface area contributed by atoms with Crippen LogP contribution in [0.4, 0.5) is 0 Å². The highest BCUT2D eigenvalue weighted by Gasteiger charge is 2.37. The van der Waals surface area contributed by atoms with E-state index >= 15 is 0 Å². The van der Waals surface area contributed by atoms with Crippen molar-refractivity contribution >= 4 is 5.57 Å². The molecule has 0 unspecified atom stereocenters. The van der Waals surface area contributed by atoms with Crippen LogP contribution in [-0.4, -0.2) is 0 Å². The fraction of sp³-hybridized carbons (Fsp3) is 0.273. The molecule has 110 valence electrons. The van der Waals surface area contributed by atoms with Gasteiger partial charge in [0.25, 0.3) is 0 Å². The van der Waals surface area contributed by atoms with Crippen molar-refractivity contribution < 1.29 is 0 Å². The highest BCUT2D eigenvalue weighted by Crippen LogP contribution is 2.50. The Labute approximate surface area is 133 Å². The molecule has 2 aromatic rings. The smallest absolute Gasteiger partial charge is 0.0121 e. The molecule has 0 fully saturated rings. The Balaban J connectivity index is 1.92. The molecule has 0 bridgehead atoms. The Morgan fingerprint density at radius 3 is 2.59 bits per heavy atom. The summed E-state index contributed by atoms with van der Waals surface area (Å²) in [5.74, 6) is 0. The molecule has 0 saturated carbocycles. The maximum Gasteiger partial charge on any atom is 0.0121 e. The van der Waals surface area contributed by atoms with Gasteiger partial charge in [-0.15, -0.1) is 0 Å². The van der Waals surface area contributed by atoms with Crippen molar-refractivity contribution in [1.29, 1.82) is 0 Å². The molecule has 0 aromatic heterocycles. The van der Waals surface area contributed by atoms with E-state index in [9.17, 15) is 0 Å². The summed E-state index contributed by atoms with van der Waals surface area (Å²) in [6.07, 6.45) is 7.05. The van der Waals surface area contributed by atoms with Crippen molar-refractivity contribution in [1.82, 2.24) is 0 Å². The maximum atomic E-state index is 2.40. The first kappa shape index (κ1) is 13.6. The second-order valence-corrected chi connectivity index (χ2v) is 7.03. The highest BCUT2D eigenvalue weighted by atomic mass is 14.4. The van der Waals surface area contributed by atoms with Crippen LogP contribution in [0, 0.1) is 6.92 Å². The van der Waals surface area contributed by atoms with Crippen molar-refractivity contribution in [3.63, 3.8) is 0 Å². The standard InChI is InChI=1S/C22H22/c1-15-8-4-5-9-17(15)16-12-13-21-19(14-16)18-10-6-7-11-20(18)22(21,2)3/h4-6,8-10,12-14H,7,11H2,1-3H3. The largest absolute Gasteiger partial charge is 0.0836 e. The van der Waals surface area contributed by atoms with E-state index in [0.29, 0.717) is 0 Å². The highest BCUT2D eigenvalue weighted by molar-refractivity contribution is 5.88. The minimum absolute atomic E-state index is 0.180. The summed E-state index contributed by atoms with van der Waals surface area (Å²) in [4.78, 5) is 0. The maximum absolute atomic E-state index is 2.40. The average molecular weight is 286 g/mol. The molecule has 0 N–H and O–H groups in total. The molecule has 2 aliphatic rings. The molecule has 2 aromatic carbocycles. The summed E-state index contributed by atoms with van der Waals surface area (Å²) < 4.78 is 0. The van der Waals surface area contributed by atoms with E-state index in [1.807, 2.05) is 0 Å². The molecule has 0 amide bonds. The summed E-state index contributed by atoms with van der Waals surface area (Å²) in [5, 5.41) is 0. The van der Waals surface area contributed by atoms with Gasteiger partial charge in [-0.1, -0.05) is 68.0 Å². The molecule has 0 radical (unpaired) electrons. The Kier molecular flexibility index (Phi) is 2.91. The molecule has 0 aliphatic heterocycles. The van der Waals surface area contributed by atoms with Gasteiger partial charge in [-0.3, -0.25) is 0 Å². The Morgan fingerprint density at radius 2 is 1.77 bits per heavy atom. The van der Waals surface area contributed by atoms with E-state index in [1.165, 1.54) is 46.2 Å². The first-order valence-corrected chi connectivity index (χ1v) is 8.20. The van der Waals surface area contributed by atoms with E-state index in [2.05, 4.69) is 75.4 Å². The van der Waals surface area contributed by atoms with E-state index in [4.69, 9.17) is 0 Å². The summed E-state index contributed by atoms with van der Waals surface area (Å²) in [6.45, 7) is 6.94. The number of hydrogen-bond donors (Lipinski definition) is 0. The number of benzene rings is 2. The van der Waals surface area contributed by atoms with Crippen LogP contribution in [0.1, 0.15) is 43.4 Å². The predicted molar refractivity (Wildman–Crippen MR) is 94.9 cm³/mol. The van der Waals surface area contributed by atoms with E-state index in [1.54, 1.807) is 5.57 Å². The van der Waals surface area contributed by atoms with Crippen LogP contribution in [-0.2, 0) is 5.41 Å². The second-order valence-electron chi connectivity index (χ2n) is 7.03. The summed E-state index contributed by atoms with van der Waals surface area (Å²) in [6, 6.07) is 15.7. The lowest BCUT2D eigenvalue weighted by Gasteiger charge is -2.25. The number of allylic oxidation sites excluding steroid dienone is 4. The average Bonchev–Trinajstić information content (AvgIpc) is 2.76. The third kappa shape index (κ3) is 1.83. The first-order valence-electron chi connectivity index (χ1n) is 8.20. The third-order valence-corrected chi connectivity index (χ3v) is 5.36. The van der Waals surface area contributed by atoms with Gasteiger partial charge in [-0.05, 0) is 59.2 Å². The SMILES string of the molecule is Cc1ccccc1-c1ccc2c(c1)C1=C(CCC=C1)C2(C)C. The summed E-state index contributed by atoms with van der Waals surface area (Å²) in [7, 11) is 0. The van der Waals surface area contributed by atoms with Crippen LogP contribution < -0.4 is 0 Å². The molecule has 0 spiro atoms. The zero-order chi connectivity index (χ0) is 15.3. The molecule has 0 saturated heterocycles. The molecule has 0 nitrogen and oxygen atoms in total. The van der Waals surface area contributed by atoms with E-state index in [0.717, 1.165) is 0 Å². The lowest BCUT2D eigenvalue weighted by Crippen LogP contribution is -2.17. The zero-order valence-electron chi connectivity index (χ0n) is 13.6. The number of rotatable bonds is 1. The minimum Gasteiger partial charge on any atom is -0.0836 e. The van der Waals surface area contributed by atoms with Crippen LogP contribution in [0.2, 0.25) is 0 Å². The quantitative estimate of drug-likeness (QED) is 0.598. The van der Waals surface area contributed by atoms with Crippen molar-refractivity contribution in [3.8, 4) is 11.1 Å². The molecule has 22 heavy (non-hydrogen) atoms. The van der Waals surface area contributed by atoms with Crippen molar-refractivity contribution in [2.45, 2.75) is 39.0 Å². The normalized spacial score (nSPS) is 18.3. The molecule has 4 rings (SSSR count). The van der Waals surface area contributed by atoms with Gasteiger partial charge in [0.05, 0.1) is 0 Å². The van der Waals surface area contributed by atoms with Gasteiger partial charge in [-0.2, -0.15) is 0 Å². The third-order valence-electron chi connectivity index (χ3n) is 5.36. The van der Waals surface area contributed by atoms with Gasteiger partial charge in [-0.25, -0.2) is 0 Å². The van der Waals surface area contributed by atoms with E-state index in [-0.39, 0.29) is 5.41 Å². The molecule has 0 atom stereocenters. The second kappa shape index (κ2) is 4.71. The van der Waals surface area contributed by atoms with Crippen molar-refractivity contribution in [2.75, 3.05) is 0 Å². The van der Waals surface area contributed by atoms with Gasteiger partial charge >= 0.3 is 0 Å². The zero-order valence-corrected chi connectivity index (χ0v) is 13.6. The van der Waals surface area contributed by atoms with Gasteiger partial charge < -0.3 is 0 Å². The van der Waals surface area contributed by atoms with Gasteiger partial charge in [0.1, 0.15) is 0 Å². The fourth-order valence-corrected chi connectivity index (χ4v) is 4.10. The Hall–Kier alpha value is -2.08. The molecular formula is C22H22. The van der Waals surface area contributed by atoms with Crippen LogP contribution in [0.25, 0.3) is 16.7 Å².